The third-order valence-corrected chi connectivity index (χ3v) is 3.49. The minimum Gasteiger partial charge on any atom is -0.465 e. The summed E-state index contributed by atoms with van der Waals surface area (Å²) in [4.78, 5) is 16.3. The van der Waals surface area contributed by atoms with Crippen molar-refractivity contribution in [2.45, 2.75) is 18.8 Å². The van der Waals surface area contributed by atoms with Crippen molar-refractivity contribution in [1.29, 1.82) is 0 Å². The summed E-state index contributed by atoms with van der Waals surface area (Å²) in [5.74, 6) is -0.0400. The van der Waals surface area contributed by atoms with Crippen molar-refractivity contribution in [2.75, 3.05) is 20.3 Å². The molecule has 2 aromatic rings. The van der Waals surface area contributed by atoms with Gasteiger partial charge in [0.15, 0.2) is 5.65 Å². The molecule has 0 saturated carbocycles. The number of hydrogen-bond acceptors (Lipinski definition) is 4. The fourth-order valence-electron chi connectivity index (χ4n) is 2.47. The number of fused-ring (bicyclic) bond motifs is 1. The number of methoxy groups -OCH3 is 1. The fourth-order valence-corrected chi connectivity index (χ4v) is 2.47. The van der Waals surface area contributed by atoms with Crippen LogP contribution in [0.1, 0.15) is 34.8 Å². The third-order valence-electron chi connectivity index (χ3n) is 3.49. The molecule has 1 saturated heterocycles. The number of nitrogens with zero attached hydrogens (tertiary/aromatic N) is 2. The number of rotatable bonds is 2. The van der Waals surface area contributed by atoms with Crippen LogP contribution < -0.4 is 0 Å². The maximum Gasteiger partial charge on any atom is 0.341 e. The highest BCUT2D eigenvalue weighted by molar-refractivity contribution is 5.95. The van der Waals surface area contributed by atoms with Gasteiger partial charge in [0.25, 0.3) is 0 Å². The van der Waals surface area contributed by atoms with Crippen molar-refractivity contribution < 1.29 is 14.3 Å². The summed E-state index contributed by atoms with van der Waals surface area (Å²) in [5.41, 5.74) is 2.12. The van der Waals surface area contributed by atoms with Gasteiger partial charge in [0.2, 0.25) is 0 Å². The first kappa shape index (κ1) is 12.2. The third kappa shape index (κ3) is 2.21. The number of carbonyl (C=O) groups excluding carboxylic acids is 1. The van der Waals surface area contributed by atoms with Crippen LogP contribution in [0.4, 0.5) is 0 Å². The molecule has 1 atom stereocenters. The van der Waals surface area contributed by atoms with Crippen LogP contribution in [0.15, 0.2) is 24.5 Å². The van der Waals surface area contributed by atoms with E-state index >= 15 is 0 Å². The van der Waals surface area contributed by atoms with E-state index in [0.29, 0.717) is 23.7 Å². The zero-order valence-electron chi connectivity index (χ0n) is 10.8. The fraction of sp³-hybridized carbons (Fsp3) is 0.429. The summed E-state index contributed by atoms with van der Waals surface area (Å²) in [6.45, 7) is 1.54. The van der Waals surface area contributed by atoms with Gasteiger partial charge in [0.05, 0.1) is 19.4 Å². The lowest BCUT2D eigenvalue weighted by atomic mass is 9.99. The van der Waals surface area contributed by atoms with Crippen molar-refractivity contribution in [3.05, 3.63) is 35.8 Å². The van der Waals surface area contributed by atoms with Crippen LogP contribution in [-0.2, 0) is 9.47 Å². The highest BCUT2D eigenvalue weighted by atomic mass is 16.5. The Kier molecular flexibility index (Phi) is 3.21. The molecule has 1 aliphatic rings. The standard InChI is InChI=1S/C14H16N2O3/c1-18-14(17)11-5-2-6-16-8-12(15-13(11)16)10-4-3-7-19-9-10/h2,5-6,8,10H,3-4,7,9H2,1H3. The molecule has 5 nitrogen and oxygen atoms in total. The Morgan fingerprint density at radius 1 is 1.58 bits per heavy atom. The number of carbonyl (C=O) groups is 1. The SMILES string of the molecule is COC(=O)c1cccn2cc(C3CCCOC3)nc12. The lowest BCUT2D eigenvalue weighted by Gasteiger charge is -2.19. The largest absolute Gasteiger partial charge is 0.465 e. The number of ether oxygens (including phenoxy) is 2. The maximum absolute atomic E-state index is 11.7. The van der Waals surface area contributed by atoms with E-state index < -0.39 is 0 Å². The average Bonchev–Trinajstić information content (AvgIpc) is 2.91. The van der Waals surface area contributed by atoms with Gasteiger partial charge in [-0.05, 0) is 25.0 Å². The number of aromatic nitrogens is 2. The van der Waals surface area contributed by atoms with Crippen molar-refractivity contribution in [3.63, 3.8) is 0 Å². The van der Waals surface area contributed by atoms with E-state index in [9.17, 15) is 4.79 Å². The van der Waals surface area contributed by atoms with Crippen LogP contribution >= 0.6 is 0 Å². The van der Waals surface area contributed by atoms with Gasteiger partial charge in [0, 0.05) is 24.9 Å². The average molecular weight is 260 g/mol. The summed E-state index contributed by atoms with van der Waals surface area (Å²) in [5, 5.41) is 0. The highest BCUT2D eigenvalue weighted by Crippen LogP contribution is 2.25. The Bertz CT molecular complexity index is 600. The minimum atomic E-state index is -0.359. The van der Waals surface area contributed by atoms with Crippen LogP contribution in [-0.4, -0.2) is 35.7 Å². The molecule has 19 heavy (non-hydrogen) atoms. The maximum atomic E-state index is 11.7. The Labute approximate surface area is 111 Å². The number of pyridine rings is 1. The lowest BCUT2D eigenvalue weighted by Crippen LogP contribution is -2.15. The topological polar surface area (TPSA) is 52.8 Å². The summed E-state index contributed by atoms with van der Waals surface area (Å²) in [6.07, 6.45) is 6.00. The van der Waals surface area contributed by atoms with Gasteiger partial charge < -0.3 is 13.9 Å². The Morgan fingerprint density at radius 3 is 3.21 bits per heavy atom. The van der Waals surface area contributed by atoms with Gasteiger partial charge in [-0.25, -0.2) is 9.78 Å². The Balaban J connectivity index is 2.02. The monoisotopic (exact) mass is 260 g/mol. The summed E-state index contributed by atoms with van der Waals surface area (Å²) >= 11 is 0. The minimum absolute atomic E-state index is 0.319. The normalized spacial score (nSPS) is 19.5. The Hall–Kier alpha value is -1.88. The zero-order chi connectivity index (χ0) is 13.2. The second-order valence-electron chi connectivity index (χ2n) is 4.72. The van der Waals surface area contributed by atoms with Crippen molar-refractivity contribution in [2.24, 2.45) is 0 Å². The van der Waals surface area contributed by atoms with Crippen LogP contribution in [0.3, 0.4) is 0 Å². The van der Waals surface area contributed by atoms with Crippen molar-refractivity contribution in [3.8, 4) is 0 Å². The van der Waals surface area contributed by atoms with Gasteiger partial charge in [-0.1, -0.05) is 0 Å². The summed E-state index contributed by atoms with van der Waals surface area (Å²) in [6, 6.07) is 3.55. The molecule has 1 fully saturated rings. The predicted molar refractivity (Wildman–Crippen MR) is 69.3 cm³/mol. The lowest BCUT2D eigenvalue weighted by molar-refractivity contribution is 0.0602. The molecule has 0 radical (unpaired) electrons. The number of hydrogen-bond donors (Lipinski definition) is 0. The molecule has 0 amide bonds. The van der Waals surface area contributed by atoms with E-state index in [1.165, 1.54) is 7.11 Å². The quantitative estimate of drug-likeness (QED) is 0.775. The molecule has 5 heteroatoms. The second kappa shape index (κ2) is 5.01. The predicted octanol–water partition coefficient (Wildman–Crippen LogP) is 2.01. The van der Waals surface area contributed by atoms with E-state index in [2.05, 4.69) is 4.98 Å². The van der Waals surface area contributed by atoms with Gasteiger partial charge >= 0.3 is 5.97 Å². The first-order valence-corrected chi connectivity index (χ1v) is 6.43. The van der Waals surface area contributed by atoms with Gasteiger partial charge in [-0.2, -0.15) is 0 Å². The van der Waals surface area contributed by atoms with Gasteiger partial charge in [-0.15, -0.1) is 0 Å². The second-order valence-corrected chi connectivity index (χ2v) is 4.72. The van der Waals surface area contributed by atoms with Crippen LogP contribution in [0, 0.1) is 0 Å². The highest BCUT2D eigenvalue weighted by Gasteiger charge is 2.21. The molecule has 100 valence electrons. The van der Waals surface area contributed by atoms with Crippen LogP contribution in [0.5, 0.6) is 0 Å². The molecular formula is C14H16N2O3. The van der Waals surface area contributed by atoms with Crippen LogP contribution in [0.2, 0.25) is 0 Å². The van der Waals surface area contributed by atoms with E-state index in [4.69, 9.17) is 9.47 Å². The molecule has 0 bridgehead atoms. The van der Waals surface area contributed by atoms with Crippen molar-refractivity contribution in [1.82, 2.24) is 9.38 Å². The molecule has 3 rings (SSSR count). The van der Waals surface area contributed by atoms with Crippen LogP contribution in [0.25, 0.3) is 5.65 Å². The summed E-state index contributed by atoms with van der Waals surface area (Å²) < 4.78 is 12.1. The summed E-state index contributed by atoms with van der Waals surface area (Å²) in [7, 11) is 1.38. The van der Waals surface area contributed by atoms with Gasteiger partial charge in [0.1, 0.15) is 5.56 Å². The Morgan fingerprint density at radius 2 is 2.47 bits per heavy atom. The molecule has 3 heterocycles. The van der Waals surface area contributed by atoms with Crippen molar-refractivity contribution >= 4 is 11.6 Å². The number of imidazole rings is 1. The van der Waals surface area contributed by atoms with E-state index in [1.807, 2.05) is 22.9 Å². The molecule has 1 unspecified atom stereocenters. The number of esters is 1. The smallest absolute Gasteiger partial charge is 0.341 e. The molecule has 0 aromatic carbocycles. The molecule has 2 aromatic heterocycles. The zero-order valence-corrected chi connectivity index (χ0v) is 10.8. The molecule has 0 spiro atoms. The molecule has 1 aliphatic heterocycles. The van der Waals surface area contributed by atoms with E-state index in [1.54, 1.807) is 6.07 Å². The van der Waals surface area contributed by atoms with E-state index in [-0.39, 0.29) is 5.97 Å². The van der Waals surface area contributed by atoms with E-state index in [0.717, 1.165) is 25.1 Å². The molecule has 0 aliphatic carbocycles. The first-order chi connectivity index (χ1) is 9.29. The van der Waals surface area contributed by atoms with Gasteiger partial charge in [-0.3, -0.25) is 0 Å². The molecular weight excluding hydrogens is 244 g/mol. The molecule has 0 N–H and O–H groups in total. The first-order valence-electron chi connectivity index (χ1n) is 6.43.